The summed E-state index contributed by atoms with van der Waals surface area (Å²) in [6.07, 6.45) is 2.35. The molecule has 0 unspecified atom stereocenters. The van der Waals surface area contributed by atoms with Gasteiger partial charge in [-0.25, -0.2) is 0 Å². The Morgan fingerprint density at radius 1 is 1.07 bits per heavy atom. The van der Waals surface area contributed by atoms with Crippen LogP contribution in [0.2, 0.25) is 0 Å². The molecule has 0 radical (unpaired) electrons. The van der Waals surface area contributed by atoms with Crippen LogP contribution in [-0.2, 0) is 9.59 Å². The maximum Gasteiger partial charge on any atom is 0.239 e. The number of hydrogen-bond acceptors (Lipinski definition) is 3. The number of nitrogens with one attached hydrogen (secondary N) is 1. The topological polar surface area (TPSA) is 52.7 Å². The van der Waals surface area contributed by atoms with Crippen molar-refractivity contribution in [3.8, 4) is 0 Å². The van der Waals surface area contributed by atoms with Crippen LogP contribution in [0.1, 0.15) is 36.3 Å². The van der Waals surface area contributed by atoms with Crippen LogP contribution < -0.4 is 10.2 Å². The first kappa shape index (κ1) is 19.5. The van der Waals surface area contributed by atoms with Crippen LogP contribution in [0.25, 0.3) is 0 Å². The predicted octanol–water partition coefficient (Wildman–Crippen LogP) is 3.10. The largest absolute Gasteiger partial charge is 0.371 e. The summed E-state index contributed by atoms with van der Waals surface area (Å²) in [5.74, 6) is 0.221. The lowest BCUT2D eigenvalue weighted by atomic mass is 9.99. The van der Waals surface area contributed by atoms with Crippen molar-refractivity contribution in [1.82, 2.24) is 10.2 Å². The first-order valence-corrected chi connectivity index (χ1v) is 10.5. The molecular weight excluding hydrogens is 362 g/mol. The summed E-state index contributed by atoms with van der Waals surface area (Å²) in [5.41, 5.74) is 3.69. The average molecular weight is 392 g/mol. The minimum Gasteiger partial charge on any atom is -0.371 e. The maximum absolute atomic E-state index is 12.5. The van der Waals surface area contributed by atoms with Gasteiger partial charge in [0.2, 0.25) is 11.8 Å². The molecule has 1 N–H and O–H groups in total. The standard InChI is InChI=1S/C24H29N3O2/c1-18-6-5-9-22(14-18)26-12-10-21(11-13-26)25-23(28)17-27-16-20(15-24(27)29)19-7-3-2-4-8-19/h2-9,14,20-21H,10-13,15-17H2,1H3,(H,25,28)/t20-/m0/s1. The first-order chi connectivity index (χ1) is 14.1. The van der Waals surface area contributed by atoms with Gasteiger partial charge in [-0.3, -0.25) is 9.59 Å². The molecule has 2 aliphatic heterocycles. The van der Waals surface area contributed by atoms with Crippen molar-refractivity contribution in [2.24, 2.45) is 0 Å². The Morgan fingerprint density at radius 2 is 1.83 bits per heavy atom. The molecule has 2 aliphatic rings. The van der Waals surface area contributed by atoms with Gasteiger partial charge in [0.05, 0.1) is 6.54 Å². The smallest absolute Gasteiger partial charge is 0.239 e. The third kappa shape index (κ3) is 4.78. The number of aryl methyl sites for hydroxylation is 1. The van der Waals surface area contributed by atoms with Crippen molar-refractivity contribution < 1.29 is 9.59 Å². The highest BCUT2D eigenvalue weighted by Gasteiger charge is 2.32. The Labute approximate surface area is 172 Å². The van der Waals surface area contributed by atoms with Crippen molar-refractivity contribution in [2.45, 2.75) is 38.1 Å². The molecule has 29 heavy (non-hydrogen) atoms. The van der Waals surface area contributed by atoms with Crippen molar-refractivity contribution >= 4 is 17.5 Å². The normalized spacial score (nSPS) is 20.2. The number of rotatable bonds is 5. The third-order valence-electron chi connectivity index (χ3n) is 6.05. The van der Waals surface area contributed by atoms with Gasteiger partial charge in [0.1, 0.15) is 0 Å². The van der Waals surface area contributed by atoms with Crippen molar-refractivity contribution in [3.63, 3.8) is 0 Å². The maximum atomic E-state index is 12.5. The molecule has 0 aromatic heterocycles. The van der Waals surface area contributed by atoms with Crippen LogP contribution in [0.5, 0.6) is 0 Å². The number of anilines is 1. The van der Waals surface area contributed by atoms with Gasteiger partial charge in [-0.1, -0.05) is 42.5 Å². The molecule has 0 bridgehead atoms. The molecule has 0 saturated carbocycles. The number of likely N-dealkylation sites (tertiary alicyclic amines) is 1. The fraction of sp³-hybridized carbons (Fsp3) is 0.417. The number of benzene rings is 2. The van der Waals surface area contributed by atoms with E-state index in [0.29, 0.717) is 13.0 Å². The van der Waals surface area contributed by atoms with Crippen LogP contribution in [0, 0.1) is 6.92 Å². The summed E-state index contributed by atoms with van der Waals surface area (Å²) in [7, 11) is 0. The SMILES string of the molecule is Cc1cccc(N2CCC(NC(=O)CN3C[C@@H](c4ccccc4)CC3=O)CC2)c1. The number of carbonyl (C=O) groups is 2. The van der Waals surface area contributed by atoms with Crippen LogP contribution in [0.4, 0.5) is 5.69 Å². The van der Waals surface area contributed by atoms with Gasteiger partial charge < -0.3 is 15.1 Å². The fourth-order valence-electron chi connectivity index (χ4n) is 4.43. The second kappa shape index (κ2) is 8.68. The molecule has 2 heterocycles. The number of nitrogens with zero attached hydrogens (tertiary/aromatic N) is 2. The van der Waals surface area contributed by atoms with Gasteiger partial charge in [0.25, 0.3) is 0 Å². The van der Waals surface area contributed by atoms with Crippen LogP contribution >= 0.6 is 0 Å². The fourth-order valence-corrected chi connectivity index (χ4v) is 4.43. The molecule has 5 heteroatoms. The Hall–Kier alpha value is -2.82. The van der Waals surface area contributed by atoms with E-state index in [0.717, 1.165) is 25.9 Å². The van der Waals surface area contributed by atoms with Gasteiger partial charge in [-0.15, -0.1) is 0 Å². The molecule has 0 spiro atoms. The van der Waals surface area contributed by atoms with E-state index in [1.807, 2.05) is 18.2 Å². The number of carbonyl (C=O) groups excluding carboxylic acids is 2. The lowest BCUT2D eigenvalue weighted by molar-refractivity contribution is -0.133. The minimum absolute atomic E-state index is 0.0407. The van der Waals surface area contributed by atoms with E-state index >= 15 is 0 Å². The molecule has 0 aliphatic carbocycles. The molecule has 2 aromatic rings. The zero-order chi connectivity index (χ0) is 20.2. The van der Waals surface area contributed by atoms with E-state index in [9.17, 15) is 9.59 Å². The monoisotopic (exact) mass is 391 g/mol. The Bertz CT molecular complexity index is 859. The molecule has 2 saturated heterocycles. The summed E-state index contributed by atoms with van der Waals surface area (Å²) in [6.45, 7) is 4.78. The Kier molecular flexibility index (Phi) is 5.84. The van der Waals surface area contributed by atoms with E-state index in [1.165, 1.54) is 16.8 Å². The number of hydrogen-bond donors (Lipinski definition) is 1. The lowest BCUT2D eigenvalue weighted by Gasteiger charge is -2.34. The van der Waals surface area contributed by atoms with Gasteiger partial charge in [-0.2, -0.15) is 0 Å². The number of piperidine rings is 1. The molecule has 2 fully saturated rings. The Balaban J connectivity index is 1.25. The molecular formula is C24H29N3O2. The zero-order valence-corrected chi connectivity index (χ0v) is 17.0. The van der Waals surface area contributed by atoms with Crippen LogP contribution in [-0.4, -0.2) is 48.9 Å². The van der Waals surface area contributed by atoms with E-state index in [1.54, 1.807) is 4.90 Å². The highest BCUT2D eigenvalue weighted by Crippen LogP contribution is 2.27. The van der Waals surface area contributed by atoms with Gasteiger partial charge in [0, 0.05) is 43.7 Å². The van der Waals surface area contributed by atoms with Crippen molar-refractivity contribution in [3.05, 3.63) is 65.7 Å². The number of amides is 2. The minimum atomic E-state index is -0.0407. The van der Waals surface area contributed by atoms with E-state index < -0.39 is 0 Å². The van der Waals surface area contributed by atoms with Crippen molar-refractivity contribution in [2.75, 3.05) is 31.1 Å². The zero-order valence-electron chi connectivity index (χ0n) is 17.0. The second-order valence-electron chi connectivity index (χ2n) is 8.25. The van der Waals surface area contributed by atoms with Crippen LogP contribution in [0.15, 0.2) is 54.6 Å². The summed E-state index contributed by atoms with van der Waals surface area (Å²) < 4.78 is 0. The van der Waals surface area contributed by atoms with E-state index in [-0.39, 0.29) is 30.3 Å². The summed E-state index contributed by atoms with van der Waals surface area (Å²) in [6, 6.07) is 18.8. The molecule has 5 nitrogen and oxygen atoms in total. The highest BCUT2D eigenvalue weighted by atomic mass is 16.2. The van der Waals surface area contributed by atoms with Gasteiger partial charge in [0.15, 0.2) is 0 Å². The quantitative estimate of drug-likeness (QED) is 0.852. The highest BCUT2D eigenvalue weighted by molar-refractivity contribution is 5.86. The summed E-state index contributed by atoms with van der Waals surface area (Å²) >= 11 is 0. The van der Waals surface area contributed by atoms with Crippen LogP contribution in [0.3, 0.4) is 0 Å². The third-order valence-corrected chi connectivity index (χ3v) is 6.05. The average Bonchev–Trinajstić information content (AvgIpc) is 3.09. The predicted molar refractivity (Wildman–Crippen MR) is 115 cm³/mol. The molecule has 4 rings (SSSR count). The van der Waals surface area contributed by atoms with E-state index in [4.69, 9.17) is 0 Å². The Morgan fingerprint density at radius 3 is 2.55 bits per heavy atom. The van der Waals surface area contributed by atoms with Crippen molar-refractivity contribution in [1.29, 1.82) is 0 Å². The van der Waals surface area contributed by atoms with Gasteiger partial charge in [-0.05, 0) is 43.0 Å². The summed E-state index contributed by atoms with van der Waals surface area (Å²) in [5, 5.41) is 3.14. The van der Waals surface area contributed by atoms with Gasteiger partial charge >= 0.3 is 0 Å². The molecule has 2 aromatic carbocycles. The molecule has 1 atom stereocenters. The first-order valence-electron chi connectivity index (χ1n) is 10.5. The summed E-state index contributed by atoms with van der Waals surface area (Å²) in [4.78, 5) is 29.0. The molecule has 152 valence electrons. The lowest BCUT2D eigenvalue weighted by Crippen LogP contribution is -2.47. The molecule has 2 amide bonds. The second-order valence-corrected chi connectivity index (χ2v) is 8.25. The van der Waals surface area contributed by atoms with E-state index in [2.05, 4.69) is 53.5 Å².